The van der Waals surface area contributed by atoms with E-state index in [1.807, 2.05) is 6.07 Å². The molecule has 2 heterocycles. The van der Waals surface area contributed by atoms with E-state index >= 15 is 0 Å². The first-order chi connectivity index (χ1) is 17.2. The monoisotopic (exact) mass is 421 g/mol. The van der Waals surface area contributed by atoms with E-state index in [0.29, 0.717) is 40.5 Å². The maximum atomic E-state index is 11.6. The first-order valence-electron chi connectivity index (χ1n) is 13.6. The number of hydrogen-bond acceptors (Lipinski definition) is 4. The average Bonchev–Trinajstić information content (AvgIpc) is 2.79. The van der Waals surface area contributed by atoms with Gasteiger partial charge in [0.15, 0.2) is 0 Å². The lowest BCUT2D eigenvalue weighted by molar-refractivity contribution is -0.116. The molecule has 0 spiro atoms. The molecule has 2 aromatic carbocycles. The summed E-state index contributed by atoms with van der Waals surface area (Å²) < 4.78 is 74.1. The van der Waals surface area contributed by atoms with Crippen LogP contribution in [-0.4, -0.2) is 49.9 Å². The molecule has 0 atom stereocenters. The van der Waals surface area contributed by atoms with Gasteiger partial charge >= 0.3 is 0 Å². The Morgan fingerprint density at radius 2 is 1.93 bits per heavy atom. The van der Waals surface area contributed by atoms with Crippen LogP contribution < -0.4 is 15.0 Å². The van der Waals surface area contributed by atoms with Crippen molar-refractivity contribution in [1.29, 1.82) is 0 Å². The number of ether oxygens (including phenoxy) is 1. The van der Waals surface area contributed by atoms with Gasteiger partial charge < -0.3 is 15.0 Å². The molecule has 2 aromatic rings. The van der Waals surface area contributed by atoms with Crippen molar-refractivity contribution in [3.63, 3.8) is 0 Å². The van der Waals surface area contributed by atoms with Gasteiger partial charge in [0.2, 0.25) is 5.91 Å². The van der Waals surface area contributed by atoms with Gasteiger partial charge in [-0.25, -0.2) is 0 Å². The summed E-state index contributed by atoms with van der Waals surface area (Å²) in [5, 5.41) is 2.99. The fraction of sp³-hybridized carbons (Fsp3) is 0.435. The maximum absolute atomic E-state index is 11.6. The fourth-order valence-electron chi connectivity index (χ4n) is 3.14. The van der Waals surface area contributed by atoms with Crippen LogP contribution in [0.15, 0.2) is 42.5 Å². The minimum absolute atomic E-state index is 0.0524. The van der Waals surface area contributed by atoms with Gasteiger partial charge in [-0.2, -0.15) is 0 Å². The highest BCUT2D eigenvalue weighted by Crippen LogP contribution is 2.27. The van der Waals surface area contributed by atoms with Crippen molar-refractivity contribution < 1.29 is 20.5 Å². The van der Waals surface area contributed by atoms with Gasteiger partial charge in [-0.1, -0.05) is 23.7 Å². The first kappa shape index (κ1) is 12.5. The summed E-state index contributed by atoms with van der Waals surface area (Å²) >= 11 is 6.01. The Bertz CT molecular complexity index is 1150. The largest absolute Gasteiger partial charge is 0.494 e. The summed E-state index contributed by atoms with van der Waals surface area (Å²) in [6.45, 7) is -11.7. The number of carbonyl (C=O) groups is 1. The second-order valence-electron chi connectivity index (χ2n) is 6.84. The summed E-state index contributed by atoms with van der Waals surface area (Å²) in [4.78, 5) is 12.7. The fourth-order valence-corrected chi connectivity index (χ4v) is 3.32. The van der Waals surface area contributed by atoms with Crippen LogP contribution in [0.5, 0.6) is 5.75 Å². The van der Waals surface area contributed by atoms with Gasteiger partial charge in [0.05, 0.1) is 12.1 Å². The van der Waals surface area contributed by atoms with E-state index in [1.54, 1.807) is 12.1 Å². The second-order valence-corrected chi connectivity index (χ2v) is 7.27. The number of nitrogens with one attached hydrogen (secondary N) is 1. The van der Waals surface area contributed by atoms with Gasteiger partial charge in [-0.3, -0.25) is 9.69 Å². The number of piperazine rings is 1. The minimum atomic E-state index is -2.93. The van der Waals surface area contributed by atoms with Crippen LogP contribution in [0.2, 0.25) is 5.02 Å². The van der Waals surface area contributed by atoms with E-state index in [9.17, 15) is 4.79 Å². The highest BCUT2D eigenvalue weighted by molar-refractivity contribution is 6.30. The summed E-state index contributed by atoms with van der Waals surface area (Å²) in [5.74, 6) is 0.498. The van der Waals surface area contributed by atoms with Gasteiger partial charge in [0, 0.05) is 60.4 Å². The standard InChI is InChI=1S/C23H28ClN3O2/c24-19-4-3-5-20(16-19)27-13-11-26(12-14-27)10-1-2-15-29-21-8-6-18-7-9-23(28)25-22(18)17-21/h3-6,8,16-17H,1-2,7,9-15H2,(H,25,28)/i11D2,12D2,13D2,14D2. The van der Waals surface area contributed by atoms with Crippen LogP contribution in [0.4, 0.5) is 11.4 Å². The number of fused-ring (bicyclic) bond motifs is 1. The van der Waals surface area contributed by atoms with Crippen molar-refractivity contribution in [2.24, 2.45) is 0 Å². The van der Waals surface area contributed by atoms with Gasteiger partial charge in [0.1, 0.15) is 5.75 Å². The number of rotatable bonds is 7. The quantitative estimate of drug-likeness (QED) is 0.680. The summed E-state index contributed by atoms with van der Waals surface area (Å²) in [5.41, 5.74) is 1.67. The molecule has 0 saturated carbocycles. The molecular weight excluding hydrogens is 386 g/mol. The highest BCUT2D eigenvalue weighted by atomic mass is 35.5. The Kier molecular flexibility index (Phi) is 4.08. The van der Waals surface area contributed by atoms with Crippen LogP contribution in [0.3, 0.4) is 0 Å². The third-order valence-corrected chi connectivity index (χ3v) is 4.92. The zero-order valence-corrected chi connectivity index (χ0v) is 16.6. The number of anilines is 2. The Morgan fingerprint density at radius 1 is 1.07 bits per heavy atom. The number of nitrogens with zero attached hydrogens (tertiary/aromatic N) is 2. The number of amides is 1. The molecule has 1 N–H and O–H groups in total. The van der Waals surface area contributed by atoms with Gasteiger partial charge in [0.25, 0.3) is 0 Å². The number of aryl methyl sites for hydroxylation is 1. The van der Waals surface area contributed by atoms with Gasteiger partial charge in [-0.15, -0.1) is 0 Å². The zero-order chi connectivity index (χ0) is 27.2. The molecule has 154 valence electrons. The van der Waals surface area contributed by atoms with E-state index in [4.69, 9.17) is 27.3 Å². The number of benzene rings is 2. The summed E-state index contributed by atoms with van der Waals surface area (Å²) in [7, 11) is 0. The van der Waals surface area contributed by atoms with Crippen LogP contribution >= 0.6 is 11.6 Å². The summed E-state index contributed by atoms with van der Waals surface area (Å²) in [6, 6.07) is 11.1. The number of hydrogen-bond donors (Lipinski definition) is 1. The molecule has 2 aliphatic heterocycles. The zero-order valence-electron chi connectivity index (χ0n) is 23.9. The normalized spacial score (nSPS) is 28.0. The molecule has 1 saturated heterocycles. The first-order valence-corrected chi connectivity index (χ1v) is 9.96. The van der Waals surface area contributed by atoms with Crippen LogP contribution in [0.1, 0.15) is 35.8 Å². The molecule has 2 aliphatic rings. The van der Waals surface area contributed by atoms with Crippen molar-refractivity contribution in [3.05, 3.63) is 53.1 Å². The number of halogens is 1. The molecule has 0 radical (unpaired) electrons. The Labute approximate surface area is 188 Å². The van der Waals surface area contributed by atoms with Crippen molar-refractivity contribution >= 4 is 28.9 Å². The van der Waals surface area contributed by atoms with Crippen molar-refractivity contribution in [2.45, 2.75) is 25.7 Å². The Balaban J connectivity index is 1.45. The second kappa shape index (κ2) is 9.51. The number of unbranched alkanes of at least 4 members (excludes halogenated alkanes) is 1. The lowest BCUT2D eigenvalue weighted by Crippen LogP contribution is -2.46. The third-order valence-electron chi connectivity index (χ3n) is 4.68. The molecule has 5 nitrogen and oxygen atoms in total. The van der Waals surface area contributed by atoms with E-state index in [2.05, 4.69) is 5.32 Å². The van der Waals surface area contributed by atoms with E-state index < -0.39 is 26.0 Å². The van der Waals surface area contributed by atoms with E-state index in [1.165, 1.54) is 24.3 Å². The van der Waals surface area contributed by atoms with Crippen LogP contribution in [-0.2, 0) is 11.2 Å². The van der Waals surface area contributed by atoms with Crippen molar-refractivity contribution in [1.82, 2.24) is 4.90 Å². The molecule has 0 aromatic heterocycles. The predicted octanol–water partition coefficient (Wildman–Crippen LogP) is 4.21. The lowest BCUT2D eigenvalue weighted by atomic mass is 10.0. The maximum Gasteiger partial charge on any atom is 0.224 e. The van der Waals surface area contributed by atoms with Gasteiger partial charge in [-0.05, 0) is 55.6 Å². The SMILES string of the molecule is [2H]C1([2H])N(CCCCOc2ccc3c(c2)NC(=O)CC3)C([2H])([2H])C([2H])([2H])N(c2cccc(Cl)c2)C1([2H])[2H]. The van der Waals surface area contributed by atoms with E-state index in [-0.39, 0.29) is 36.2 Å². The topological polar surface area (TPSA) is 44.8 Å². The highest BCUT2D eigenvalue weighted by Gasteiger charge is 2.17. The molecule has 29 heavy (non-hydrogen) atoms. The van der Waals surface area contributed by atoms with Crippen molar-refractivity contribution in [2.75, 3.05) is 49.4 Å². The molecule has 6 heteroatoms. The molecular formula is C23H28ClN3O2. The molecule has 0 unspecified atom stereocenters. The smallest absolute Gasteiger partial charge is 0.224 e. The molecule has 1 fully saturated rings. The molecule has 1 amide bonds. The van der Waals surface area contributed by atoms with Crippen LogP contribution in [0.25, 0.3) is 0 Å². The minimum Gasteiger partial charge on any atom is -0.494 e. The van der Waals surface area contributed by atoms with Crippen molar-refractivity contribution in [3.8, 4) is 5.75 Å². The average molecular weight is 422 g/mol. The summed E-state index contributed by atoms with van der Waals surface area (Å²) in [6.07, 6.45) is 1.72. The Morgan fingerprint density at radius 3 is 2.76 bits per heavy atom. The van der Waals surface area contributed by atoms with Crippen LogP contribution in [0, 0.1) is 0 Å². The molecule has 0 bridgehead atoms. The lowest BCUT2D eigenvalue weighted by Gasteiger charge is -2.36. The molecule has 0 aliphatic carbocycles. The predicted molar refractivity (Wildman–Crippen MR) is 118 cm³/mol. The molecule has 4 rings (SSSR count). The Hall–Kier alpha value is -2.24. The number of carbonyl (C=O) groups excluding carboxylic acids is 1. The van der Waals surface area contributed by atoms with E-state index in [0.717, 1.165) is 5.56 Å². The third kappa shape index (κ3) is 5.43.